The molecule has 1 N–H and O–H groups in total. The van der Waals surface area contributed by atoms with Crippen LogP contribution in [0.25, 0.3) is 10.4 Å². The predicted molar refractivity (Wildman–Crippen MR) is 162 cm³/mol. The van der Waals surface area contributed by atoms with Crippen molar-refractivity contribution in [3.63, 3.8) is 0 Å². The number of carboxylic acid groups (broad SMARTS) is 1. The molecule has 1 heterocycles. The molecule has 218 valence electrons. The Balaban J connectivity index is 1.33. The lowest BCUT2D eigenvalue weighted by molar-refractivity contribution is -0.144. The molecule has 2 fully saturated rings. The fraction of sp³-hybridized carbons (Fsp3) is 0.485. The van der Waals surface area contributed by atoms with Crippen molar-refractivity contribution in [1.82, 2.24) is 4.98 Å². The first-order chi connectivity index (χ1) is 19.9. The van der Waals surface area contributed by atoms with Gasteiger partial charge in [0.2, 0.25) is 5.91 Å². The second kappa shape index (κ2) is 13.1. The molecule has 41 heavy (non-hydrogen) atoms. The molecule has 2 aliphatic carbocycles. The highest BCUT2D eigenvalue weighted by Gasteiger charge is 2.34. The number of methoxy groups -OCH3 is 2. The zero-order valence-corrected chi connectivity index (χ0v) is 25.0. The molecule has 1 aromatic heterocycles. The van der Waals surface area contributed by atoms with Gasteiger partial charge in [-0.15, -0.1) is 0 Å². The fourth-order valence-electron chi connectivity index (χ4n) is 6.54. The average molecular weight is 577 g/mol. The lowest BCUT2D eigenvalue weighted by Gasteiger charge is -2.36. The molecule has 8 heteroatoms. The van der Waals surface area contributed by atoms with Gasteiger partial charge in [0.1, 0.15) is 5.75 Å². The first-order valence-electron chi connectivity index (χ1n) is 14.6. The molecule has 0 radical (unpaired) electrons. The number of aryl methyl sites for hydroxylation is 1. The van der Waals surface area contributed by atoms with Crippen molar-refractivity contribution in [2.45, 2.75) is 64.2 Å². The molecule has 7 nitrogen and oxygen atoms in total. The maximum atomic E-state index is 14.1. The third kappa shape index (κ3) is 6.75. The van der Waals surface area contributed by atoms with Crippen molar-refractivity contribution < 1.29 is 24.2 Å². The van der Waals surface area contributed by atoms with Crippen molar-refractivity contribution in [2.24, 2.45) is 17.8 Å². The van der Waals surface area contributed by atoms with E-state index >= 15 is 0 Å². The summed E-state index contributed by atoms with van der Waals surface area (Å²) in [5, 5.41) is 10.1. The van der Waals surface area contributed by atoms with Crippen LogP contribution in [0.1, 0.15) is 68.4 Å². The van der Waals surface area contributed by atoms with Crippen molar-refractivity contribution in [3.05, 3.63) is 59.8 Å². The largest absolute Gasteiger partial charge is 0.496 e. The third-order valence-corrected chi connectivity index (χ3v) is 9.98. The van der Waals surface area contributed by atoms with E-state index in [-0.39, 0.29) is 17.7 Å². The fourth-order valence-corrected chi connectivity index (χ4v) is 7.26. The van der Waals surface area contributed by atoms with E-state index < -0.39 is 5.97 Å². The van der Waals surface area contributed by atoms with Crippen LogP contribution in [0.5, 0.6) is 10.9 Å². The topological polar surface area (TPSA) is 89.0 Å². The summed E-state index contributed by atoms with van der Waals surface area (Å²) in [4.78, 5) is 32.9. The quantitative estimate of drug-likeness (QED) is 0.287. The van der Waals surface area contributed by atoms with Crippen LogP contribution in [0.4, 0.5) is 5.69 Å². The lowest BCUT2D eigenvalue weighted by atomic mass is 9.77. The minimum absolute atomic E-state index is 0.126. The Morgan fingerprint density at radius 1 is 0.951 bits per heavy atom. The van der Waals surface area contributed by atoms with E-state index in [1.165, 1.54) is 22.5 Å². The van der Waals surface area contributed by atoms with Crippen LogP contribution in [0, 0.1) is 24.7 Å². The number of carbonyl (C=O) groups is 2. The summed E-state index contributed by atoms with van der Waals surface area (Å²) < 4.78 is 10.7. The molecule has 0 bridgehead atoms. The number of rotatable bonds is 9. The Hall–Kier alpha value is -3.39. The van der Waals surface area contributed by atoms with Crippen LogP contribution >= 0.6 is 11.3 Å². The Morgan fingerprint density at radius 3 is 2.32 bits per heavy atom. The van der Waals surface area contributed by atoms with Gasteiger partial charge in [-0.3, -0.25) is 9.59 Å². The van der Waals surface area contributed by atoms with Gasteiger partial charge < -0.3 is 19.5 Å². The SMILES string of the molecule is COc1ncc(-c2cccc(N(CC3CCC(c4ccc(OC)c(C)c4)CC3)C(=O)C3CCC(C(=O)O)CC3)c2)s1. The minimum Gasteiger partial charge on any atom is -0.496 e. The van der Waals surface area contributed by atoms with Gasteiger partial charge in [-0.25, -0.2) is 4.98 Å². The summed E-state index contributed by atoms with van der Waals surface area (Å²) >= 11 is 1.48. The Labute approximate surface area is 246 Å². The van der Waals surface area contributed by atoms with E-state index in [9.17, 15) is 14.7 Å². The van der Waals surface area contributed by atoms with Gasteiger partial charge in [0.15, 0.2) is 0 Å². The average Bonchev–Trinajstić information content (AvgIpc) is 3.50. The molecule has 5 rings (SSSR count). The number of aromatic nitrogens is 1. The number of anilines is 1. The maximum absolute atomic E-state index is 14.1. The number of benzene rings is 2. The highest BCUT2D eigenvalue weighted by molar-refractivity contribution is 7.16. The summed E-state index contributed by atoms with van der Waals surface area (Å²) in [6, 6.07) is 14.7. The van der Waals surface area contributed by atoms with E-state index in [0.717, 1.165) is 47.6 Å². The molecule has 3 aromatic rings. The van der Waals surface area contributed by atoms with Gasteiger partial charge in [0.25, 0.3) is 5.19 Å². The van der Waals surface area contributed by atoms with Gasteiger partial charge in [0.05, 0.1) is 25.0 Å². The Bertz CT molecular complexity index is 1360. The van der Waals surface area contributed by atoms with Crippen LogP contribution in [0.2, 0.25) is 0 Å². The molecule has 0 spiro atoms. The second-order valence-corrected chi connectivity index (χ2v) is 12.5. The highest BCUT2D eigenvalue weighted by Crippen LogP contribution is 2.40. The molecular weight excluding hydrogens is 536 g/mol. The van der Waals surface area contributed by atoms with Crippen LogP contribution in [-0.4, -0.2) is 42.7 Å². The summed E-state index contributed by atoms with van der Waals surface area (Å²) in [6.07, 6.45) is 8.52. The van der Waals surface area contributed by atoms with Crippen molar-refractivity contribution in [2.75, 3.05) is 25.7 Å². The first kappa shape index (κ1) is 29.1. The maximum Gasteiger partial charge on any atom is 0.306 e. The zero-order valence-electron chi connectivity index (χ0n) is 24.2. The molecule has 0 atom stereocenters. The zero-order chi connectivity index (χ0) is 28.9. The summed E-state index contributed by atoms with van der Waals surface area (Å²) in [7, 11) is 3.32. The first-order valence-corrected chi connectivity index (χ1v) is 15.5. The molecule has 0 unspecified atom stereocenters. The molecule has 1 amide bonds. The number of carboxylic acids is 1. The molecule has 0 saturated heterocycles. The standard InChI is InChI=1S/C33H40N2O5S/c1-21-17-26(15-16-29(21)39-2)23-9-7-22(8-10-23)20-35(31(36)24-11-13-25(14-12-24)32(37)38)28-6-4-5-27(18-28)30-19-34-33(40-3)41-30/h4-6,15-19,22-25H,7-14,20H2,1-3H3,(H,37,38). The van der Waals surface area contributed by atoms with E-state index in [4.69, 9.17) is 9.47 Å². The summed E-state index contributed by atoms with van der Waals surface area (Å²) in [5.74, 6) is 0.761. The Kier molecular flexibility index (Phi) is 9.28. The summed E-state index contributed by atoms with van der Waals surface area (Å²) in [5.41, 5.74) is 4.44. The van der Waals surface area contributed by atoms with E-state index in [2.05, 4.69) is 36.2 Å². The number of amides is 1. The van der Waals surface area contributed by atoms with Crippen molar-refractivity contribution in [3.8, 4) is 21.4 Å². The van der Waals surface area contributed by atoms with Crippen LogP contribution in [0.3, 0.4) is 0 Å². The van der Waals surface area contributed by atoms with Gasteiger partial charge in [-0.05, 0) is 105 Å². The second-order valence-electron chi connectivity index (χ2n) is 11.5. The predicted octanol–water partition coefficient (Wildman–Crippen LogP) is 7.33. The number of nitrogens with zero attached hydrogens (tertiary/aromatic N) is 2. The molecule has 2 aromatic carbocycles. The molecule has 0 aliphatic heterocycles. The Morgan fingerprint density at radius 2 is 1.68 bits per heavy atom. The van der Waals surface area contributed by atoms with Crippen LogP contribution in [-0.2, 0) is 9.59 Å². The smallest absolute Gasteiger partial charge is 0.306 e. The lowest BCUT2D eigenvalue weighted by Crippen LogP contribution is -2.41. The van der Waals surface area contributed by atoms with Gasteiger partial charge in [-0.2, -0.15) is 0 Å². The minimum atomic E-state index is -0.746. The highest BCUT2D eigenvalue weighted by atomic mass is 32.1. The van der Waals surface area contributed by atoms with E-state index in [1.807, 2.05) is 29.3 Å². The third-order valence-electron chi connectivity index (χ3n) is 8.97. The van der Waals surface area contributed by atoms with Crippen molar-refractivity contribution >= 4 is 28.9 Å². The van der Waals surface area contributed by atoms with Gasteiger partial charge >= 0.3 is 5.97 Å². The number of hydrogen-bond donors (Lipinski definition) is 1. The van der Waals surface area contributed by atoms with Gasteiger partial charge in [-0.1, -0.05) is 35.6 Å². The number of carbonyl (C=O) groups excluding carboxylic acids is 1. The number of aliphatic carboxylic acids is 1. The van der Waals surface area contributed by atoms with Crippen LogP contribution in [0.15, 0.2) is 48.7 Å². The molecule has 2 aliphatic rings. The number of thiazole rings is 1. The van der Waals surface area contributed by atoms with E-state index in [1.54, 1.807) is 14.2 Å². The van der Waals surface area contributed by atoms with Gasteiger partial charge in [0, 0.05) is 24.3 Å². The monoisotopic (exact) mass is 576 g/mol. The van der Waals surface area contributed by atoms with E-state index in [0.29, 0.717) is 49.3 Å². The van der Waals surface area contributed by atoms with Crippen molar-refractivity contribution in [1.29, 1.82) is 0 Å². The molecular formula is C33H40N2O5S. The molecule has 2 saturated carbocycles. The normalized spacial score (nSPS) is 22.6. The number of hydrogen-bond acceptors (Lipinski definition) is 6. The van der Waals surface area contributed by atoms with Crippen LogP contribution < -0.4 is 14.4 Å². The number of ether oxygens (including phenoxy) is 2. The summed E-state index contributed by atoms with van der Waals surface area (Å²) in [6.45, 7) is 2.78.